The first-order valence-electron chi connectivity index (χ1n) is 8.92. The van der Waals surface area contributed by atoms with Crippen LogP contribution >= 0.6 is 0 Å². The lowest BCUT2D eigenvalue weighted by Crippen LogP contribution is -2.36. The van der Waals surface area contributed by atoms with Gasteiger partial charge in [0.05, 0.1) is 18.0 Å². The van der Waals surface area contributed by atoms with Gasteiger partial charge in [0.2, 0.25) is 0 Å². The van der Waals surface area contributed by atoms with E-state index in [-0.39, 0.29) is 18.0 Å². The number of rotatable bonds is 6. The predicted octanol–water partition coefficient (Wildman–Crippen LogP) is 4.63. The molecule has 0 saturated carbocycles. The van der Waals surface area contributed by atoms with Crippen LogP contribution in [0.1, 0.15) is 54.7 Å². The molecule has 0 aromatic heterocycles. The fourth-order valence-electron chi connectivity index (χ4n) is 3.78. The summed E-state index contributed by atoms with van der Waals surface area (Å²) >= 11 is 0. The van der Waals surface area contributed by atoms with Crippen LogP contribution in [0.25, 0.3) is 0 Å². The monoisotopic (exact) mass is 358 g/mol. The first kappa shape index (κ1) is 18.2. The molecule has 3 nitrogen and oxygen atoms in total. The van der Waals surface area contributed by atoms with Crippen molar-refractivity contribution >= 4 is 9.84 Å². The number of aryl methyl sites for hydroxylation is 1. The van der Waals surface area contributed by atoms with Gasteiger partial charge in [-0.05, 0) is 35.1 Å². The van der Waals surface area contributed by atoms with E-state index in [4.69, 9.17) is 4.74 Å². The van der Waals surface area contributed by atoms with Gasteiger partial charge in [0, 0.05) is 12.2 Å². The van der Waals surface area contributed by atoms with Crippen molar-refractivity contribution < 1.29 is 13.2 Å². The second kappa shape index (κ2) is 7.30. The number of hydrogen-bond donors (Lipinski definition) is 0. The third-order valence-corrected chi connectivity index (χ3v) is 5.85. The Morgan fingerprint density at radius 3 is 2.44 bits per heavy atom. The van der Waals surface area contributed by atoms with Gasteiger partial charge in [-0.1, -0.05) is 62.4 Å². The molecule has 0 aliphatic carbocycles. The topological polar surface area (TPSA) is 43.4 Å². The molecule has 1 aliphatic rings. The minimum absolute atomic E-state index is 0.0411. The summed E-state index contributed by atoms with van der Waals surface area (Å²) < 4.78 is 29.4. The van der Waals surface area contributed by atoms with Gasteiger partial charge < -0.3 is 4.74 Å². The van der Waals surface area contributed by atoms with Crippen molar-refractivity contribution in [1.29, 1.82) is 0 Å². The molecule has 1 fully saturated rings. The van der Waals surface area contributed by atoms with E-state index in [9.17, 15) is 8.42 Å². The molecule has 1 aliphatic heterocycles. The average Bonchev–Trinajstić information content (AvgIpc) is 2.53. The Morgan fingerprint density at radius 1 is 1.00 bits per heavy atom. The molecule has 134 valence electrons. The molecule has 0 N–H and O–H groups in total. The molecule has 0 amide bonds. The molecule has 2 aromatic rings. The summed E-state index contributed by atoms with van der Waals surface area (Å²) in [5.74, 6) is 0.494. The van der Waals surface area contributed by atoms with Crippen LogP contribution in [0.4, 0.5) is 0 Å². The van der Waals surface area contributed by atoms with Crippen LogP contribution in [0.15, 0.2) is 48.5 Å². The van der Waals surface area contributed by atoms with Crippen molar-refractivity contribution in [2.45, 2.75) is 44.6 Å². The number of benzene rings is 2. The van der Waals surface area contributed by atoms with Crippen LogP contribution in [0.2, 0.25) is 0 Å². The van der Waals surface area contributed by atoms with Crippen molar-refractivity contribution in [2.24, 2.45) is 5.92 Å². The zero-order valence-corrected chi connectivity index (χ0v) is 15.9. The molecule has 3 unspecified atom stereocenters. The van der Waals surface area contributed by atoms with Crippen LogP contribution in [-0.2, 0) is 26.7 Å². The maximum Gasteiger partial charge on any atom is 0.151 e. The Labute approximate surface area is 151 Å². The van der Waals surface area contributed by atoms with Crippen molar-refractivity contribution in [3.63, 3.8) is 0 Å². The zero-order chi connectivity index (χ0) is 18.0. The van der Waals surface area contributed by atoms with Gasteiger partial charge in [-0.3, -0.25) is 0 Å². The maximum absolute atomic E-state index is 11.6. The summed E-state index contributed by atoms with van der Waals surface area (Å²) in [4.78, 5) is 0. The number of hydrogen-bond acceptors (Lipinski definition) is 3. The summed E-state index contributed by atoms with van der Waals surface area (Å²) in [6, 6.07) is 16.3. The van der Waals surface area contributed by atoms with Crippen LogP contribution in [-0.4, -0.2) is 14.7 Å². The quantitative estimate of drug-likeness (QED) is 0.756. The first-order chi connectivity index (χ1) is 11.9. The highest BCUT2D eigenvalue weighted by Gasteiger charge is 2.43. The molecule has 25 heavy (non-hydrogen) atoms. The van der Waals surface area contributed by atoms with Gasteiger partial charge in [-0.25, -0.2) is 8.42 Å². The Hall–Kier alpha value is -1.65. The van der Waals surface area contributed by atoms with Gasteiger partial charge in [-0.15, -0.1) is 0 Å². The number of ether oxygens (including phenoxy) is 1. The minimum atomic E-state index is -3.03. The SMILES string of the molecule is CCc1ccccc1C1OC(c2cccc(CS(C)(=O)=O)c2)C1CC. The Bertz CT molecular complexity index is 842. The van der Waals surface area contributed by atoms with Crippen molar-refractivity contribution in [1.82, 2.24) is 0 Å². The van der Waals surface area contributed by atoms with E-state index < -0.39 is 9.84 Å². The summed E-state index contributed by atoms with van der Waals surface area (Å²) in [5.41, 5.74) is 4.55. The van der Waals surface area contributed by atoms with Crippen LogP contribution in [0.5, 0.6) is 0 Å². The highest BCUT2D eigenvalue weighted by atomic mass is 32.2. The van der Waals surface area contributed by atoms with E-state index in [2.05, 4.69) is 38.1 Å². The van der Waals surface area contributed by atoms with Crippen molar-refractivity contribution in [2.75, 3.05) is 6.26 Å². The van der Waals surface area contributed by atoms with Gasteiger partial charge in [-0.2, -0.15) is 0 Å². The summed E-state index contributed by atoms with van der Waals surface area (Å²) in [6.07, 6.45) is 3.47. The van der Waals surface area contributed by atoms with E-state index in [1.165, 1.54) is 17.4 Å². The summed E-state index contributed by atoms with van der Waals surface area (Å²) in [5, 5.41) is 0. The molecule has 1 saturated heterocycles. The van der Waals surface area contributed by atoms with Crippen LogP contribution in [0.3, 0.4) is 0 Å². The predicted molar refractivity (Wildman–Crippen MR) is 101 cm³/mol. The largest absolute Gasteiger partial charge is 0.365 e. The average molecular weight is 359 g/mol. The molecular weight excluding hydrogens is 332 g/mol. The summed E-state index contributed by atoms with van der Waals surface area (Å²) in [6.45, 7) is 4.37. The van der Waals surface area contributed by atoms with Crippen molar-refractivity contribution in [3.05, 3.63) is 70.8 Å². The minimum Gasteiger partial charge on any atom is -0.365 e. The Balaban J connectivity index is 1.83. The lowest BCUT2D eigenvalue weighted by Gasteiger charge is -2.46. The van der Waals surface area contributed by atoms with E-state index in [1.807, 2.05) is 24.3 Å². The smallest absolute Gasteiger partial charge is 0.151 e. The molecule has 0 bridgehead atoms. The van der Waals surface area contributed by atoms with E-state index in [0.29, 0.717) is 5.92 Å². The molecule has 2 aromatic carbocycles. The van der Waals surface area contributed by atoms with Gasteiger partial charge in [0.25, 0.3) is 0 Å². The third kappa shape index (κ3) is 3.96. The Kier molecular flexibility index (Phi) is 5.30. The molecule has 1 heterocycles. The normalized spacial score (nSPS) is 23.2. The van der Waals surface area contributed by atoms with Crippen LogP contribution in [0, 0.1) is 5.92 Å². The zero-order valence-electron chi connectivity index (χ0n) is 15.1. The summed E-state index contributed by atoms with van der Waals surface area (Å²) in [7, 11) is -3.03. The lowest BCUT2D eigenvalue weighted by molar-refractivity contribution is -0.193. The highest BCUT2D eigenvalue weighted by molar-refractivity contribution is 7.89. The second-order valence-electron chi connectivity index (χ2n) is 6.92. The van der Waals surface area contributed by atoms with E-state index >= 15 is 0 Å². The molecule has 0 radical (unpaired) electrons. The number of sulfone groups is 1. The molecule has 0 spiro atoms. The lowest BCUT2D eigenvalue weighted by atomic mass is 9.78. The molecule has 4 heteroatoms. The fourth-order valence-corrected chi connectivity index (χ4v) is 4.57. The second-order valence-corrected chi connectivity index (χ2v) is 9.06. The molecule has 3 atom stereocenters. The molecule has 3 rings (SSSR count). The van der Waals surface area contributed by atoms with Gasteiger partial charge in [0.1, 0.15) is 0 Å². The van der Waals surface area contributed by atoms with Crippen molar-refractivity contribution in [3.8, 4) is 0 Å². The highest BCUT2D eigenvalue weighted by Crippen LogP contribution is 2.52. The third-order valence-electron chi connectivity index (χ3n) is 4.99. The Morgan fingerprint density at radius 2 is 1.76 bits per heavy atom. The molecular formula is C21H26O3S. The maximum atomic E-state index is 11.6. The van der Waals surface area contributed by atoms with Crippen LogP contribution < -0.4 is 0 Å². The van der Waals surface area contributed by atoms with E-state index in [1.54, 1.807) is 0 Å². The fraction of sp³-hybridized carbons (Fsp3) is 0.429. The van der Waals surface area contributed by atoms with Gasteiger partial charge >= 0.3 is 0 Å². The standard InChI is InChI=1S/C21H26O3S/c1-4-16-10-6-7-12-19(16)21-18(5-2)20(24-21)17-11-8-9-15(13-17)14-25(3,22)23/h6-13,18,20-21H,4-5,14H2,1-3H3. The first-order valence-corrected chi connectivity index (χ1v) is 11.0. The van der Waals surface area contributed by atoms with E-state index in [0.717, 1.165) is 24.0 Å². The van der Waals surface area contributed by atoms with Gasteiger partial charge in [0.15, 0.2) is 9.84 Å².